The molecule has 0 radical (unpaired) electrons. The molecule has 0 spiro atoms. The predicted octanol–water partition coefficient (Wildman–Crippen LogP) is 14.8. The summed E-state index contributed by atoms with van der Waals surface area (Å²) in [5.41, 5.74) is 3.11. The van der Waals surface area contributed by atoms with Gasteiger partial charge in [-0.2, -0.15) is 0 Å². The van der Waals surface area contributed by atoms with Crippen LogP contribution in [0, 0.1) is 11.6 Å². The fourth-order valence-electron chi connectivity index (χ4n) is 6.14. The van der Waals surface area contributed by atoms with E-state index in [1.165, 1.54) is 28.2 Å². The Hall–Kier alpha value is -3.76. The molecule has 6 aromatic heterocycles. The number of thiophene rings is 6. The van der Waals surface area contributed by atoms with E-state index in [0.29, 0.717) is 11.1 Å². The van der Waals surface area contributed by atoms with Gasteiger partial charge in [0.1, 0.15) is 11.6 Å². The van der Waals surface area contributed by atoms with Gasteiger partial charge in [-0.1, -0.05) is 12.1 Å². The van der Waals surface area contributed by atoms with Gasteiger partial charge in [0.15, 0.2) is 0 Å². The van der Waals surface area contributed by atoms with Crippen LogP contribution in [0.15, 0.2) is 108 Å². The van der Waals surface area contributed by atoms with Gasteiger partial charge in [-0.05, 0) is 128 Å². The summed E-state index contributed by atoms with van der Waals surface area (Å²) < 4.78 is 37.9. The first-order valence-electron chi connectivity index (χ1n) is 14.5. The van der Waals surface area contributed by atoms with Crippen LogP contribution in [0.3, 0.4) is 0 Å². The lowest BCUT2D eigenvalue weighted by Gasteiger charge is -2.03. The number of hydrogen-bond acceptors (Lipinski definition) is 6. The Balaban J connectivity index is 0.976. The van der Waals surface area contributed by atoms with E-state index in [0.717, 1.165) is 52.2 Å². The molecule has 0 aliphatic heterocycles. The zero-order valence-corrected chi connectivity index (χ0v) is 28.5. The molecular formula is C38H18F2S6. The predicted molar refractivity (Wildman–Crippen MR) is 203 cm³/mol. The third-order valence-corrected chi connectivity index (χ3v) is 15.0. The number of rotatable bonds is 4. The molecule has 4 aromatic carbocycles. The average Bonchev–Trinajstić information content (AvgIpc) is 3.88. The first-order valence-corrected chi connectivity index (χ1v) is 19.5. The molecule has 46 heavy (non-hydrogen) atoms. The average molecular weight is 705 g/mol. The molecule has 0 aliphatic rings. The molecular weight excluding hydrogens is 687 g/mol. The maximum absolute atomic E-state index is 15.4. The molecule has 8 heteroatoms. The van der Waals surface area contributed by atoms with E-state index in [1.54, 1.807) is 80.2 Å². The number of benzene rings is 4. The van der Waals surface area contributed by atoms with E-state index >= 15 is 8.78 Å². The maximum Gasteiger partial charge on any atom is 0.132 e. The molecule has 0 N–H and O–H groups in total. The van der Waals surface area contributed by atoms with Crippen LogP contribution in [0.25, 0.3) is 91.5 Å². The molecule has 0 aliphatic carbocycles. The number of hydrogen-bond donors (Lipinski definition) is 0. The van der Waals surface area contributed by atoms with Crippen molar-refractivity contribution in [3.8, 4) is 41.8 Å². The molecule has 10 aromatic rings. The molecule has 0 atom stereocenters. The van der Waals surface area contributed by atoms with Gasteiger partial charge in [0.25, 0.3) is 0 Å². The molecule has 220 valence electrons. The highest BCUT2D eigenvalue weighted by Gasteiger charge is 2.15. The summed E-state index contributed by atoms with van der Waals surface area (Å²) in [5.74, 6) is -0.378. The van der Waals surface area contributed by atoms with Crippen molar-refractivity contribution < 1.29 is 8.78 Å². The van der Waals surface area contributed by atoms with E-state index in [1.807, 2.05) is 24.3 Å². The summed E-state index contributed by atoms with van der Waals surface area (Å²) in [7, 11) is 0. The largest absolute Gasteiger partial charge is 0.206 e. The SMILES string of the molecule is Fc1cc(-c2cc3cc4cc5sc(-c6ccc(-c7cc8sccc8s7)c(F)c6)cc5cc4cc3s2)ccc1-c1cc2sccc2s1. The van der Waals surface area contributed by atoms with E-state index in [4.69, 9.17) is 0 Å². The van der Waals surface area contributed by atoms with Crippen LogP contribution in [0.5, 0.6) is 0 Å². The normalized spacial score (nSPS) is 12.1. The standard InChI is InChI=1S/C38H18F2S6/c39-27-11-19(1-3-25(27)35-17-37-29(43-35)5-7-41-37)31-15-23-9-21-14-34-24(10-22(21)13-33(23)45-31)16-32(46-34)20-2-4-26(28(40)12-20)36-18-38-30(44-36)6-8-42-38/h1-18H. The second-order valence-electron chi connectivity index (χ2n) is 11.3. The van der Waals surface area contributed by atoms with Crippen molar-refractivity contribution in [2.45, 2.75) is 0 Å². The Bertz CT molecular complexity index is 2480. The molecule has 0 amide bonds. The highest BCUT2D eigenvalue weighted by Crippen LogP contribution is 2.43. The number of halogens is 2. The second-order valence-corrected chi connectivity index (χ2v) is 17.5. The Kier molecular flexibility index (Phi) is 6.17. The smallest absolute Gasteiger partial charge is 0.132 e. The molecule has 10 rings (SSSR count). The summed E-state index contributed by atoms with van der Waals surface area (Å²) in [5, 5.41) is 8.78. The molecule has 0 unspecified atom stereocenters. The van der Waals surface area contributed by atoms with Crippen LogP contribution < -0.4 is 0 Å². The van der Waals surface area contributed by atoms with Crippen LogP contribution in [0.4, 0.5) is 8.78 Å². The summed E-state index contributed by atoms with van der Waals surface area (Å²) >= 11 is 10.0. The van der Waals surface area contributed by atoms with Gasteiger partial charge >= 0.3 is 0 Å². The summed E-state index contributed by atoms with van der Waals surface area (Å²) in [4.78, 5) is 4.05. The molecule has 0 saturated heterocycles. The molecule has 0 nitrogen and oxygen atoms in total. The van der Waals surface area contributed by atoms with Gasteiger partial charge in [0.2, 0.25) is 0 Å². The van der Waals surface area contributed by atoms with E-state index in [2.05, 4.69) is 71.4 Å². The summed E-state index contributed by atoms with van der Waals surface area (Å²) in [6.07, 6.45) is 0. The van der Waals surface area contributed by atoms with Gasteiger partial charge in [0, 0.05) is 58.8 Å². The monoisotopic (exact) mass is 704 g/mol. The Morgan fingerprint density at radius 2 is 0.804 bits per heavy atom. The van der Waals surface area contributed by atoms with E-state index in [-0.39, 0.29) is 11.6 Å². The first-order chi connectivity index (χ1) is 22.5. The number of fused-ring (bicyclic) bond motifs is 5. The lowest BCUT2D eigenvalue weighted by atomic mass is 10.0. The minimum Gasteiger partial charge on any atom is -0.206 e. The molecule has 0 saturated carbocycles. The Labute approximate surface area is 285 Å². The van der Waals surface area contributed by atoms with E-state index in [9.17, 15) is 0 Å². The lowest BCUT2D eigenvalue weighted by Crippen LogP contribution is -1.83. The Morgan fingerprint density at radius 3 is 1.24 bits per heavy atom. The van der Waals surface area contributed by atoms with Crippen LogP contribution >= 0.6 is 68.0 Å². The van der Waals surface area contributed by atoms with Gasteiger partial charge in [-0.15, -0.1) is 68.0 Å². The molecule has 0 fully saturated rings. The first kappa shape index (κ1) is 27.4. The van der Waals surface area contributed by atoms with E-state index < -0.39 is 0 Å². The van der Waals surface area contributed by atoms with Crippen molar-refractivity contribution >= 4 is 118 Å². The van der Waals surface area contributed by atoms with Crippen molar-refractivity contribution in [3.05, 3.63) is 119 Å². The zero-order valence-electron chi connectivity index (χ0n) is 23.6. The quantitative estimate of drug-likeness (QED) is 0.171. The Morgan fingerprint density at radius 1 is 0.348 bits per heavy atom. The third-order valence-electron chi connectivity index (χ3n) is 8.43. The molecule has 0 bridgehead atoms. The van der Waals surface area contributed by atoms with Crippen LogP contribution in [0.1, 0.15) is 0 Å². The van der Waals surface area contributed by atoms with Gasteiger partial charge in [-0.25, -0.2) is 8.78 Å². The summed E-state index contributed by atoms with van der Waals surface area (Å²) in [6, 6.07) is 32.9. The van der Waals surface area contributed by atoms with Crippen molar-refractivity contribution in [1.82, 2.24) is 0 Å². The fraction of sp³-hybridized carbons (Fsp3) is 0. The highest BCUT2D eigenvalue weighted by molar-refractivity contribution is 7.29. The fourth-order valence-corrected chi connectivity index (χ4v) is 12.6. The van der Waals surface area contributed by atoms with Gasteiger partial charge in [0.05, 0.1) is 0 Å². The van der Waals surface area contributed by atoms with Crippen LogP contribution in [-0.2, 0) is 0 Å². The second kappa shape index (κ2) is 10.4. The van der Waals surface area contributed by atoms with Crippen LogP contribution in [-0.4, -0.2) is 0 Å². The minimum atomic E-state index is -0.189. The van der Waals surface area contributed by atoms with Crippen molar-refractivity contribution in [3.63, 3.8) is 0 Å². The third kappa shape index (κ3) is 4.43. The minimum absolute atomic E-state index is 0.189. The topological polar surface area (TPSA) is 0 Å². The van der Waals surface area contributed by atoms with Crippen LogP contribution in [0.2, 0.25) is 0 Å². The highest BCUT2D eigenvalue weighted by atomic mass is 32.1. The van der Waals surface area contributed by atoms with Gasteiger partial charge < -0.3 is 0 Å². The van der Waals surface area contributed by atoms with Crippen molar-refractivity contribution in [1.29, 1.82) is 0 Å². The maximum atomic E-state index is 15.4. The lowest BCUT2D eigenvalue weighted by molar-refractivity contribution is 0.632. The van der Waals surface area contributed by atoms with Crippen molar-refractivity contribution in [2.75, 3.05) is 0 Å². The van der Waals surface area contributed by atoms with Crippen molar-refractivity contribution in [2.24, 2.45) is 0 Å². The zero-order chi connectivity index (χ0) is 30.5. The molecule has 6 heterocycles. The summed E-state index contributed by atoms with van der Waals surface area (Å²) in [6.45, 7) is 0. The van der Waals surface area contributed by atoms with Gasteiger partial charge in [-0.3, -0.25) is 0 Å².